The van der Waals surface area contributed by atoms with Gasteiger partial charge in [0.15, 0.2) is 0 Å². The molecule has 111 heavy (non-hydrogen) atoms. The Labute approximate surface area is 655 Å². The molecule has 25 nitrogen and oxygen atoms in total. The van der Waals surface area contributed by atoms with Gasteiger partial charge in [-0.3, -0.25) is 59.3 Å². The van der Waals surface area contributed by atoms with E-state index in [2.05, 4.69) is 88.4 Å². The molecule has 0 atom stereocenters. The Morgan fingerprint density at radius 3 is 1.21 bits per heavy atom. The number of phenolic OH excluding ortho intramolecular Hbond substituents is 2. The highest BCUT2D eigenvalue weighted by Crippen LogP contribution is 2.26. The molecule has 0 aliphatic rings. The van der Waals surface area contributed by atoms with Gasteiger partial charge in [0, 0.05) is 115 Å². The molecule has 5 N–H and O–H groups in total. The molecule has 0 aliphatic carbocycles. The van der Waals surface area contributed by atoms with Crippen LogP contribution in [0.15, 0.2) is 321 Å². The number of non-ortho nitro benzene ring substituents is 2. The van der Waals surface area contributed by atoms with Crippen LogP contribution in [0.25, 0.3) is 0 Å². The van der Waals surface area contributed by atoms with Crippen molar-refractivity contribution in [1.29, 1.82) is 0 Å². The summed E-state index contributed by atoms with van der Waals surface area (Å²) in [5.74, 6) is -0.643. The maximum absolute atomic E-state index is 11.3. The van der Waals surface area contributed by atoms with Crippen molar-refractivity contribution in [3.63, 3.8) is 0 Å². The Kier molecular flexibility index (Phi) is 39.4. The second-order valence-electron chi connectivity index (χ2n) is 22.6. The topological polar surface area (TPSA) is 387 Å². The molecule has 0 saturated heterocycles. The van der Waals surface area contributed by atoms with Gasteiger partial charge in [0.2, 0.25) is 5.91 Å². The molecule has 0 fully saturated rings. The van der Waals surface area contributed by atoms with Crippen LogP contribution in [0, 0.1) is 20.2 Å². The van der Waals surface area contributed by atoms with Crippen LogP contribution in [0.2, 0.25) is 0 Å². The number of nitro benzene ring substituents is 2. The maximum Gasteiger partial charge on any atom is 0.425 e. The number of aromatic carboxylic acids is 1. The number of aromatic hydroxyl groups is 2. The van der Waals surface area contributed by atoms with Crippen molar-refractivity contribution >= 4 is 104 Å². The smallest absolute Gasteiger partial charge is 0.425 e. The fourth-order valence-corrected chi connectivity index (χ4v) is 10.2. The van der Waals surface area contributed by atoms with Gasteiger partial charge in [-0.15, -0.1) is 64.2 Å². The summed E-state index contributed by atoms with van der Waals surface area (Å²) in [6.07, 6.45) is 8.17. The number of nitro groups is 2. The number of benzene rings is 9. The number of amides is 1. The molecule has 0 aliphatic heterocycles. The van der Waals surface area contributed by atoms with Crippen molar-refractivity contribution in [2.45, 2.75) is 41.4 Å². The zero-order valence-electron chi connectivity index (χ0n) is 60.3. The number of thiol groups is 2. The average Bonchev–Trinajstić information content (AvgIpc) is 0.843. The fraction of sp³-hybridized carbons (Fsp3) is 0.122. The van der Waals surface area contributed by atoms with E-state index < -0.39 is 36.5 Å². The monoisotopic (exact) mass is 1580 g/mol. The van der Waals surface area contributed by atoms with Gasteiger partial charge in [0.1, 0.15) is 17.2 Å². The predicted octanol–water partition coefficient (Wildman–Crippen LogP) is 15.1. The van der Waals surface area contributed by atoms with Crippen molar-refractivity contribution in [2.75, 3.05) is 39.3 Å². The van der Waals surface area contributed by atoms with Crippen LogP contribution < -0.4 is 10.1 Å². The predicted molar refractivity (Wildman–Crippen MR) is 439 cm³/mol. The lowest BCUT2D eigenvalue weighted by molar-refractivity contribution is -0.385. The van der Waals surface area contributed by atoms with Crippen LogP contribution in [-0.4, -0.2) is 137 Å². The van der Waals surface area contributed by atoms with Gasteiger partial charge < -0.3 is 25.4 Å². The van der Waals surface area contributed by atoms with Gasteiger partial charge in [0.05, 0.1) is 69.3 Å². The van der Waals surface area contributed by atoms with Gasteiger partial charge in [0.25, 0.3) is 28.0 Å². The molecule has 0 unspecified atom stereocenters. The lowest BCUT2D eigenvalue weighted by Gasteiger charge is -2.08. The molecule has 29 heteroatoms. The molecule has 0 aromatic heterocycles. The number of carbonyl (C=O) groups excluding carboxylic acids is 2. The molecule has 0 saturated carbocycles. The molecule has 574 valence electrons. The lowest BCUT2D eigenvalue weighted by Crippen LogP contribution is -2.25. The molecule has 1 amide bonds. The van der Waals surface area contributed by atoms with Crippen LogP contribution in [0.3, 0.4) is 0 Å². The lowest BCUT2D eigenvalue weighted by atomic mass is 10.0. The fourth-order valence-electron chi connectivity index (χ4n) is 9.44. The van der Waals surface area contributed by atoms with Gasteiger partial charge in [-0.1, -0.05) is 117 Å². The van der Waals surface area contributed by atoms with Crippen molar-refractivity contribution in [3.05, 3.63) is 357 Å². The van der Waals surface area contributed by atoms with Crippen LogP contribution in [0.4, 0.5) is 11.4 Å². The van der Waals surface area contributed by atoms with E-state index in [4.69, 9.17) is 27.0 Å². The summed E-state index contributed by atoms with van der Waals surface area (Å²) in [5.41, 5.74) is 11.9. The van der Waals surface area contributed by atoms with Gasteiger partial charge in [-0.05, 0) is 129 Å². The minimum atomic E-state index is -4.18. The summed E-state index contributed by atoms with van der Waals surface area (Å²) in [7, 11) is -7.29. The highest BCUT2D eigenvalue weighted by atomic mass is 32.2. The van der Waals surface area contributed by atoms with E-state index >= 15 is 0 Å². The summed E-state index contributed by atoms with van der Waals surface area (Å²) < 4.78 is 61.2. The Morgan fingerprint density at radius 2 is 0.883 bits per heavy atom. The van der Waals surface area contributed by atoms with Crippen molar-refractivity contribution in [1.82, 2.24) is 5.32 Å². The first kappa shape index (κ1) is 90.5. The van der Waals surface area contributed by atoms with Crippen LogP contribution in [0.1, 0.15) is 87.1 Å². The van der Waals surface area contributed by atoms with Crippen LogP contribution >= 0.6 is 25.3 Å². The minimum Gasteiger partial charge on any atom is -0.508 e. The summed E-state index contributed by atoms with van der Waals surface area (Å²) in [6, 6.07) is 61.3. The molecule has 9 aromatic carbocycles. The molecule has 0 spiro atoms. The Morgan fingerprint density at radius 1 is 0.541 bits per heavy atom. The van der Waals surface area contributed by atoms with E-state index in [0.717, 1.165) is 60.3 Å². The third kappa shape index (κ3) is 32.2. The van der Waals surface area contributed by atoms with Crippen LogP contribution in [0.5, 0.6) is 17.2 Å². The van der Waals surface area contributed by atoms with Crippen molar-refractivity contribution < 1.29 is 69.9 Å². The first-order valence-electron chi connectivity index (χ1n) is 33.2. The number of carboxylic acid groups (broad SMARTS) is 1. The maximum atomic E-state index is 11.3. The number of ether oxygens (including phenoxy) is 1. The number of carbonyl (C=O) groups is 3. The molecule has 0 radical (unpaired) electrons. The van der Waals surface area contributed by atoms with E-state index in [-0.39, 0.29) is 39.2 Å². The largest absolute Gasteiger partial charge is 0.508 e. The minimum absolute atomic E-state index is 0.0134. The zero-order chi connectivity index (χ0) is 81.8. The van der Waals surface area contributed by atoms with Crippen molar-refractivity contribution in [2.24, 2.45) is 25.0 Å². The molecule has 9 rings (SSSR count). The average molecular weight is 1580 g/mol. The van der Waals surface area contributed by atoms with Crippen LogP contribution in [-0.2, 0) is 30.3 Å². The number of phenols is 2. The standard InChI is InChI=1S/C18H15NO4.C16H13N3O4.C16H22N2O3.C16H15NO3S.C16H15NS2.O3S/c1-2-11-19-17(13-3-5-15(6-4-13)18(21)22)14-7-9-16(10-8-14)23-12-20;1-2-11-17-16(12-3-7-14(8-4-12)18(20)21)13-5-9-15(10-6-13)19(22)23;1-4-14(13-7-6-12(19)10-15(13)20)17-8-5-9-18-16(21)11(2)3;1-2-12-17-16(13-6-4-3-5-7-13)14-8-10-15(11-9-14)21(18,19)20;1-2-11-17-16(12-3-7-14(18)8-4-12)13-5-9-15(19)10-6-13;1-4(2)3/h2-10,12H,1,11H2,(H,21,22);2-10H,1,11H2;6-7,10,19-20H,2,4-5,8-9H2,1,3H3,(H,18,21);2-11H,1,12H2,(H,18,19,20);2-10,18-19H,1,11H2;. The number of nitrogens with zero attached hydrogens (tertiary/aromatic N) is 7. The number of aliphatic imine (C=N–C) groups is 5. The third-order valence-electron chi connectivity index (χ3n) is 14.6. The number of carboxylic acids is 1. The second-order valence-corrected chi connectivity index (χ2v) is 25.4. The normalized spacial score (nSPS) is 10.7. The van der Waals surface area contributed by atoms with E-state index in [0.29, 0.717) is 98.0 Å². The number of rotatable bonds is 29. The molecule has 0 heterocycles. The zero-order valence-corrected chi connectivity index (χ0v) is 63.7. The van der Waals surface area contributed by atoms with E-state index in [1.807, 2.05) is 85.8 Å². The highest BCUT2D eigenvalue weighted by Gasteiger charge is 2.16. The molecule has 9 aromatic rings. The summed E-state index contributed by atoms with van der Waals surface area (Å²) in [5, 5.41) is 52.3. The number of hydrogen-bond donors (Lipinski definition) is 7. The number of nitrogens with one attached hydrogen (secondary N) is 1. The second kappa shape index (κ2) is 48.4. The Bertz CT molecular complexity index is 4950. The van der Waals surface area contributed by atoms with E-state index in [1.54, 1.807) is 110 Å². The van der Waals surface area contributed by atoms with E-state index in [9.17, 15) is 53.2 Å². The van der Waals surface area contributed by atoms with Gasteiger partial charge in [-0.2, -0.15) is 8.42 Å². The van der Waals surface area contributed by atoms with E-state index in [1.165, 1.54) is 60.7 Å². The number of hydrogen-bond acceptors (Lipinski definition) is 22. The SMILES string of the molecule is C=C(C)C(=O)NCCCN=C(CC)c1ccc(O)cc1O.C=CCN=C(c1ccc(OC=O)cc1)c1ccc(C(=O)O)cc1.C=CCN=C(c1ccc(S)cc1)c1ccc(S)cc1.C=CCN=C(c1ccc([N+](=O)[O-])cc1)c1ccc([N+](=O)[O-])cc1.C=CCN=C(c1ccccc1)c1ccc(S(=O)(=O)O)cc1.O=S(=O)=O. The summed E-state index contributed by atoms with van der Waals surface area (Å²) in [6.45, 7) is 25.1. The quantitative estimate of drug-likeness (QED) is 0.00263. The molecular formula is C82H80N8O17S4. The Hall–Kier alpha value is -12.9. The van der Waals surface area contributed by atoms with Crippen molar-refractivity contribution in [3.8, 4) is 17.2 Å². The first-order chi connectivity index (χ1) is 53.1. The third-order valence-corrected chi connectivity index (χ3v) is 16.1. The highest BCUT2D eigenvalue weighted by molar-refractivity contribution is 7.85. The van der Waals surface area contributed by atoms with Gasteiger partial charge in [-0.25, -0.2) is 4.79 Å². The summed E-state index contributed by atoms with van der Waals surface area (Å²) >= 11 is 8.61. The summed E-state index contributed by atoms with van der Waals surface area (Å²) in [4.78, 5) is 77.2. The van der Waals surface area contributed by atoms with Gasteiger partial charge >= 0.3 is 16.6 Å². The molecular weight excluding hydrogens is 1500 g/mol. The Balaban J connectivity index is 0.000000289. The first-order valence-corrected chi connectivity index (χ1v) is 36.6. The molecule has 0 bridgehead atoms.